The maximum atomic E-state index is 12.2. The fourth-order valence-electron chi connectivity index (χ4n) is 4.57. The van der Waals surface area contributed by atoms with Crippen molar-refractivity contribution in [1.29, 1.82) is 0 Å². The van der Waals surface area contributed by atoms with Crippen molar-refractivity contribution in [3.63, 3.8) is 0 Å². The van der Waals surface area contributed by atoms with Gasteiger partial charge in [-0.05, 0) is 37.8 Å². The number of hydrogen-bond acceptors (Lipinski definition) is 6. The maximum absolute atomic E-state index is 12.2. The number of aliphatic imine (C=N–C) groups is 1. The van der Waals surface area contributed by atoms with E-state index in [4.69, 9.17) is 15.2 Å². The molecule has 1 aromatic rings. The van der Waals surface area contributed by atoms with E-state index in [2.05, 4.69) is 10.3 Å². The van der Waals surface area contributed by atoms with Crippen LogP contribution in [-0.4, -0.2) is 55.4 Å². The van der Waals surface area contributed by atoms with Gasteiger partial charge in [0.15, 0.2) is 0 Å². The van der Waals surface area contributed by atoms with Gasteiger partial charge in [0.2, 0.25) is 0 Å². The van der Waals surface area contributed by atoms with Gasteiger partial charge in [0.05, 0.1) is 37.5 Å². The molecule has 0 aromatic heterocycles. The molecule has 0 radical (unpaired) electrons. The molecule has 1 saturated heterocycles. The first-order valence-electron chi connectivity index (χ1n) is 9.91. The third-order valence-corrected chi connectivity index (χ3v) is 7.02. The van der Waals surface area contributed by atoms with Crippen LogP contribution in [0.15, 0.2) is 29.3 Å². The minimum absolute atomic E-state index is 0.177. The van der Waals surface area contributed by atoms with E-state index >= 15 is 0 Å². The van der Waals surface area contributed by atoms with Crippen LogP contribution in [-0.2, 0) is 4.74 Å². The minimum Gasteiger partial charge on any atom is -0.495 e. The Bertz CT molecular complexity index is 723. The SMILES string of the molecule is COc1ccccc1N(CC1NC2CCCC(O1)C(C1CN=CS1)C2)C(N)=O. The Hall–Kier alpha value is -1.77. The Morgan fingerprint density at radius 1 is 1.43 bits per heavy atom. The smallest absolute Gasteiger partial charge is 0.319 e. The molecule has 0 spiro atoms. The number of methoxy groups -OCH3 is 1. The number of primary amides is 1. The Morgan fingerprint density at radius 3 is 3.04 bits per heavy atom. The zero-order chi connectivity index (χ0) is 19.5. The summed E-state index contributed by atoms with van der Waals surface area (Å²) < 4.78 is 11.9. The molecule has 2 amide bonds. The predicted molar refractivity (Wildman–Crippen MR) is 112 cm³/mol. The number of nitrogens with zero attached hydrogens (tertiary/aromatic N) is 2. The topological polar surface area (TPSA) is 89.2 Å². The van der Waals surface area contributed by atoms with Crippen molar-refractivity contribution in [1.82, 2.24) is 5.32 Å². The summed E-state index contributed by atoms with van der Waals surface area (Å²) in [5.74, 6) is 1.10. The van der Waals surface area contributed by atoms with E-state index < -0.39 is 6.03 Å². The van der Waals surface area contributed by atoms with E-state index in [0.29, 0.717) is 35.2 Å². The summed E-state index contributed by atoms with van der Waals surface area (Å²) in [6.45, 7) is 1.23. The number of ether oxygens (including phenoxy) is 2. The van der Waals surface area contributed by atoms with E-state index in [1.54, 1.807) is 12.0 Å². The zero-order valence-corrected chi connectivity index (χ0v) is 16.9. The van der Waals surface area contributed by atoms with E-state index in [9.17, 15) is 4.79 Å². The molecule has 152 valence electrons. The van der Waals surface area contributed by atoms with Crippen LogP contribution in [0, 0.1) is 5.92 Å². The summed E-state index contributed by atoms with van der Waals surface area (Å²) in [5.41, 5.74) is 8.35. The predicted octanol–water partition coefficient (Wildman–Crippen LogP) is 2.60. The van der Waals surface area contributed by atoms with Crippen molar-refractivity contribution < 1.29 is 14.3 Å². The molecule has 3 aliphatic rings. The number of benzene rings is 1. The minimum atomic E-state index is -0.513. The number of rotatable bonds is 5. The third kappa shape index (κ3) is 4.14. The molecule has 5 atom stereocenters. The number of nitrogens with one attached hydrogen (secondary N) is 1. The molecule has 1 saturated carbocycles. The van der Waals surface area contributed by atoms with Crippen LogP contribution in [0.1, 0.15) is 25.7 Å². The van der Waals surface area contributed by atoms with Gasteiger partial charge in [0, 0.05) is 17.2 Å². The molecular weight excluding hydrogens is 376 g/mol. The Morgan fingerprint density at radius 2 is 2.29 bits per heavy atom. The highest BCUT2D eigenvalue weighted by Gasteiger charge is 2.41. The van der Waals surface area contributed by atoms with Crippen molar-refractivity contribution >= 4 is 29.0 Å². The van der Waals surface area contributed by atoms with E-state index in [-0.39, 0.29) is 12.3 Å². The summed E-state index contributed by atoms with van der Waals surface area (Å²) in [7, 11) is 1.59. The summed E-state index contributed by atoms with van der Waals surface area (Å²) in [6.07, 6.45) is 4.36. The normalized spacial score (nSPS) is 32.0. The monoisotopic (exact) mass is 404 g/mol. The molecule has 2 aliphatic heterocycles. The van der Waals surface area contributed by atoms with Gasteiger partial charge in [-0.2, -0.15) is 0 Å². The number of hydrogen-bond donors (Lipinski definition) is 2. The van der Waals surface area contributed by atoms with Gasteiger partial charge in [-0.1, -0.05) is 12.1 Å². The van der Waals surface area contributed by atoms with Crippen LogP contribution in [0.25, 0.3) is 0 Å². The number of carbonyl (C=O) groups excluding carboxylic acids is 1. The van der Waals surface area contributed by atoms with E-state index in [1.807, 2.05) is 41.6 Å². The average Bonchev–Trinajstić information content (AvgIpc) is 3.07. The number of fused-ring (bicyclic) bond motifs is 3. The maximum Gasteiger partial charge on any atom is 0.319 e. The summed E-state index contributed by atoms with van der Waals surface area (Å²) in [5, 5.41) is 4.12. The largest absolute Gasteiger partial charge is 0.495 e. The molecule has 2 heterocycles. The molecule has 2 bridgehead atoms. The Labute approximate surface area is 170 Å². The summed E-state index contributed by atoms with van der Waals surface area (Å²) >= 11 is 1.83. The third-order valence-electron chi connectivity index (χ3n) is 5.90. The fraction of sp³-hybridized carbons (Fsp3) is 0.600. The molecule has 28 heavy (non-hydrogen) atoms. The van der Waals surface area contributed by atoms with Gasteiger partial charge < -0.3 is 15.2 Å². The van der Waals surface area contributed by atoms with Crippen LogP contribution < -0.4 is 20.7 Å². The van der Waals surface area contributed by atoms with Crippen LogP contribution in [0.4, 0.5) is 10.5 Å². The summed E-state index contributed by atoms with van der Waals surface area (Å²) in [4.78, 5) is 18.2. The van der Waals surface area contributed by atoms with Crippen LogP contribution in [0.2, 0.25) is 0 Å². The molecule has 7 nitrogen and oxygen atoms in total. The van der Waals surface area contributed by atoms with Crippen molar-refractivity contribution in [3.05, 3.63) is 24.3 Å². The molecular formula is C20H28N4O3S. The van der Waals surface area contributed by atoms with Gasteiger partial charge in [0.1, 0.15) is 12.0 Å². The van der Waals surface area contributed by atoms with Crippen LogP contribution in [0.3, 0.4) is 0 Å². The lowest BCUT2D eigenvalue weighted by molar-refractivity contribution is -0.0471. The average molecular weight is 405 g/mol. The first-order chi connectivity index (χ1) is 13.7. The van der Waals surface area contributed by atoms with Crippen molar-refractivity contribution in [3.8, 4) is 5.75 Å². The van der Waals surface area contributed by atoms with Crippen molar-refractivity contribution in [2.75, 3.05) is 25.1 Å². The van der Waals surface area contributed by atoms with Gasteiger partial charge in [-0.3, -0.25) is 15.2 Å². The number of urea groups is 1. The zero-order valence-electron chi connectivity index (χ0n) is 16.1. The quantitative estimate of drug-likeness (QED) is 0.787. The Kier molecular flexibility index (Phi) is 6.08. The van der Waals surface area contributed by atoms with Gasteiger partial charge in [-0.25, -0.2) is 4.79 Å². The highest BCUT2D eigenvalue weighted by atomic mass is 32.2. The van der Waals surface area contributed by atoms with Crippen molar-refractivity contribution in [2.45, 2.75) is 49.3 Å². The molecule has 4 rings (SSSR count). The highest BCUT2D eigenvalue weighted by molar-refractivity contribution is 8.12. The number of carbonyl (C=O) groups is 1. The van der Waals surface area contributed by atoms with E-state index in [1.165, 1.54) is 0 Å². The first kappa shape index (κ1) is 19.5. The standard InChI is InChI=1S/C20H28N4O3S/c1-26-17-7-3-2-6-15(17)24(20(21)25)11-19-23-13-5-4-8-16(27-19)14(9-13)18-10-22-12-28-18/h2-3,6-7,12-14,16,18-19,23H,4-5,8-11H2,1H3,(H2,21,25). The van der Waals surface area contributed by atoms with Crippen molar-refractivity contribution in [2.24, 2.45) is 16.6 Å². The van der Waals surface area contributed by atoms with E-state index in [0.717, 1.165) is 32.2 Å². The molecule has 5 unspecified atom stereocenters. The fourth-order valence-corrected chi connectivity index (χ4v) is 5.56. The first-order valence-corrected chi connectivity index (χ1v) is 10.8. The number of anilines is 1. The molecule has 1 aromatic carbocycles. The summed E-state index contributed by atoms with van der Waals surface area (Å²) in [6, 6.07) is 7.29. The highest BCUT2D eigenvalue weighted by Crippen LogP contribution is 2.38. The lowest BCUT2D eigenvalue weighted by Gasteiger charge is -2.33. The molecule has 8 heteroatoms. The molecule has 1 aliphatic carbocycles. The molecule has 3 N–H and O–H groups in total. The van der Waals surface area contributed by atoms with Gasteiger partial charge >= 0.3 is 6.03 Å². The second kappa shape index (κ2) is 8.71. The van der Waals surface area contributed by atoms with Gasteiger partial charge in [-0.15, -0.1) is 11.8 Å². The number of amides is 2. The lowest BCUT2D eigenvalue weighted by Crippen LogP contribution is -2.50. The number of thioether (sulfide) groups is 1. The Balaban J connectivity index is 1.53. The van der Waals surface area contributed by atoms with Gasteiger partial charge in [0.25, 0.3) is 0 Å². The van der Waals surface area contributed by atoms with Crippen LogP contribution >= 0.6 is 11.8 Å². The number of para-hydroxylation sites is 2. The lowest BCUT2D eigenvalue weighted by atomic mass is 9.92. The van der Waals surface area contributed by atoms with Crippen LogP contribution in [0.5, 0.6) is 5.75 Å². The second-order valence-corrected chi connectivity index (χ2v) is 8.71. The molecule has 2 fully saturated rings. The second-order valence-electron chi connectivity index (χ2n) is 7.62. The number of nitrogens with two attached hydrogens (primary N) is 1.